The molecule has 0 aromatic carbocycles. The van der Waals surface area contributed by atoms with Gasteiger partial charge >= 0.3 is 0 Å². The molecule has 1 fully saturated rings. The normalized spacial score (nSPS) is 26.4. The highest BCUT2D eigenvalue weighted by atomic mass is 32.1. The standard InChI is InChI=1S/C14H20N2S/c1-11-4-2-5-12(8-11)14(9-15)16-10-13-6-3-7-17-13/h3,6-7,11-12,14,16H,2,4-5,8,10H2,1H3. The van der Waals surface area contributed by atoms with Crippen molar-refractivity contribution in [2.45, 2.75) is 45.2 Å². The van der Waals surface area contributed by atoms with Crippen LogP contribution in [0.4, 0.5) is 0 Å². The molecule has 1 aromatic rings. The summed E-state index contributed by atoms with van der Waals surface area (Å²) >= 11 is 1.75. The van der Waals surface area contributed by atoms with E-state index in [2.05, 4.69) is 35.8 Å². The van der Waals surface area contributed by atoms with E-state index in [0.717, 1.165) is 12.5 Å². The van der Waals surface area contributed by atoms with E-state index in [1.54, 1.807) is 11.3 Å². The lowest BCUT2D eigenvalue weighted by molar-refractivity contribution is 0.247. The van der Waals surface area contributed by atoms with Gasteiger partial charge in [0.2, 0.25) is 0 Å². The molecule has 1 saturated carbocycles. The number of nitriles is 1. The van der Waals surface area contributed by atoms with Crippen molar-refractivity contribution in [2.75, 3.05) is 0 Å². The van der Waals surface area contributed by atoms with Gasteiger partial charge in [0.1, 0.15) is 0 Å². The summed E-state index contributed by atoms with van der Waals surface area (Å²) in [5, 5.41) is 14.8. The SMILES string of the molecule is CC1CCCC(C(C#N)NCc2cccs2)C1. The highest BCUT2D eigenvalue weighted by Gasteiger charge is 2.26. The maximum atomic E-state index is 9.28. The van der Waals surface area contributed by atoms with Gasteiger partial charge in [-0.2, -0.15) is 5.26 Å². The summed E-state index contributed by atoms with van der Waals surface area (Å²) in [6.45, 7) is 3.14. The molecule has 0 aliphatic heterocycles. The van der Waals surface area contributed by atoms with Gasteiger partial charge in [-0.3, -0.25) is 5.32 Å². The number of rotatable bonds is 4. The van der Waals surface area contributed by atoms with Gasteiger partial charge in [-0.25, -0.2) is 0 Å². The molecule has 0 amide bonds. The van der Waals surface area contributed by atoms with Crippen molar-refractivity contribution in [1.29, 1.82) is 5.26 Å². The van der Waals surface area contributed by atoms with Gasteiger partial charge in [-0.15, -0.1) is 11.3 Å². The maximum absolute atomic E-state index is 9.28. The second-order valence-electron chi connectivity index (χ2n) is 5.10. The van der Waals surface area contributed by atoms with E-state index in [4.69, 9.17) is 0 Å². The third kappa shape index (κ3) is 3.55. The van der Waals surface area contributed by atoms with Crippen LogP contribution in [0.3, 0.4) is 0 Å². The van der Waals surface area contributed by atoms with E-state index in [0.29, 0.717) is 5.92 Å². The van der Waals surface area contributed by atoms with Crippen LogP contribution in [0.25, 0.3) is 0 Å². The minimum Gasteiger partial charge on any atom is -0.297 e. The van der Waals surface area contributed by atoms with Crippen LogP contribution in [0.1, 0.15) is 37.5 Å². The third-order valence-corrected chi connectivity index (χ3v) is 4.54. The highest BCUT2D eigenvalue weighted by molar-refractivity contribution is 7.09. The number of nitrogens with zero attached hydrogens (tertiary/aromatic N) is 1. The fourth-order valence-electron chi connectivity index (χ4n) is 2.73. The highest BCUT2D eigenvalue weighted by Crippen LogP contribution is 2.30. The molecule has 1 aliphatic carbocycles. The Kier molecular flexibility index (Phi) is 4.58. The van der Waals surface area contributed by atoms with Gasteiger partial charge in [0, 0.05) is 11.4 Å². The molecule has 2 rings (SSSR count). The first-order valence-electron chi connectivity index (χ1n) is 6.45. The molecular weight excluding hydrogens is 228 g/mol. The lowest BCUT2D eigenvalue weighted by atomic mass is 9.79. The molecule has 17 heavy (non-hydrogen) atoms. The average Bonchev–Trinajstić information content (AvgIpc) is 2.83. The Morgan fingerprint density at radius 2 is 2.47 bits per heavy atom. The van der Waals surface area contributed by atoms with Crippen molar-refractivity contribution in [2.24, 2.45) is 11.8 Å². The summed E-state index contributed by atoms with van der Waals surface area (Å²) in [5.74, 6) is 1.33. The average molecular weight is 248 g/mol. The summed E-state index contributed by atoms with van der Waals surface area (Å²) in [5.41, 5.74) is 0. The fourth-order valence-corrected chi connectivity index (χ4v) is 3.38. The third-order valence-electron chi connectivity index (χ3n) is 3.66. The van der Waals surface area contributed by atoms with Crippen LogP contribution in [0, 0.1) is 23.2 Å². The van der Waals surface area contributed by atoms with Crippen LogP contribution in [-0.2, 0) is 6.54 Å². The Hall–Kier alpha value is -0.850. The first kappa shape index (κ1) is 12.6. The lowest BCUT2D eigenvalue weighted by Gasteiger charge is -2.30. The Balaban J connectivity index is 1.86. The molecule has 3 heteroatoms. The van der Waals surface area contributed by atoms with Crippen LogP contribution >= 0.6 is 11.3 Å². The predicted octanol–water partition coefficient (Wildman–Crippen LogP) is 3.56. The first-order chi connectivity index (χ1) is 8.29. The quantitative estimate of drug-likeness (QED) is 0.884. The zero-order valence-corrected chi connectivity index (χ0v) is 11.2. The Labute approximate surface area is 108 Å². The molecule has 0 bridgehead atoms. The molecule has 1 aromatic heterocycles. The second-order valence-corrected chi connectivity index (χ2v) is 6.13. The van der Waals surface area contributed by atoms with Gasteiger partial charge < -0.3 is 0 Å². The van der Waals surface area contributed by atoms with Crippen LogP contribution in [0.15, 0.2) is 17.5 Å². The summed E-state index contributed by atoms with van der Waals surface area (Å²) in [7, 11) is 0. The molecule has 1 aliphatic rings. The summed E-state index contributed by atoms with van der Waals surface area (Å²) in [6, 6.07) is 6.66. The maximum Gasteiger partial charge on any atom is 0.0984 e. The van der Waals surface area contributed by atoms with Gasteiger partial charge in [-0.05, 0) is 36.1 Å². The first-order valence-corrected chi connectivity index (χ1v) is 7.33. The van der Waals surface area contributed by atoms with Gasteiger partial charge in [-0.1, -0.05) is 25.8 Å². The molecule has 3 unspecified atom stereocenters. The summed E-state index contributed by atoms with van der Waals surface area (Å²) < 4.78 is 0. The molecule has 1 heterocycles. The minimum atomic E-state index is 0.0276. The molecule has 2 nitrogen and oxygen atoms in total. The number of hydrogen-bond donors (Lipinski definition) is 1. The lowest BCUT2D eigenvalue weighted by Crippen LogP contribution is -2.36. The molecular formula is C14H20N2S. The molecule has 1 N–H and O–H groups in total. The molecule has 0 spiro atoms. The van der Waals surface area contributed by atoms with E-state index >= 15 is 0 Å². The van der Waals surface area contributed by atoms with Crippen molar-refractivity contribution in [3.8, 4) is 6.07 Å². The topological polar surface area (TPSA) is 35.8 Å². The van der Waals surface area contributed by atoms with Crippen molar-refractivity contribution in [1.82, 2.24) is 5.32 Å². The van der Waals surface area contributed by atoms with E-state index in [9.17, 15) is 5.26 Å². The Morgan fingerprint density at radius 3 is 3.12 bits per heavy atom. The van der Waals surface area contributed by atoms with E-state index in [1.807, 2.05) is 0 Å². The summed E-state index contributed by atoms with van der Waals surface area (Å²) in [6.07, 6.45) is 5.03. The van der Waals surface area contributed by atoms with Crippen LogP contribution in [0.2, 0.25) is 0 Å². The van der Waals surface area contributed by atoms with E-state index in [1.165, 1.54) is 30.6 Å². The van der Waals surface area contributed by atoms with Crippen molar-refractivity contribution in [3.63, 3.8) is 0 Å². The number of hydrogen-bond acceptors (Lipinski definition) is 3. The second kappa shape index (κ2) is 6.18. The molecule has 3 atom stereocenters. The Morgan fingerprint density at radius 1 is 1.59 bits per heavy atom. The summed E-state index contributed by atoms with van der Waals surface area (Å²) in [4.78, 5) is 1.31. The smallest absolute Gasteiger partial charge is 0.0984 e. The minimum absolute atomic E-state index is 0.0276. The van der Waals surface area contributed by atoms with E-state index < -0.39 is 0 Å². The van der Waals surface area contributed by atoms with E-state index in [-0.39, 0.29) is 6.04 Å². The zero-order chi connectivity index (χ0) is 12.1. The predicted molar refractivity (Wildman–Crippen MR) is 71.7 cm³/mol. The zero-order valence-electron chi connectivity index (χ0n) is 10.4. The molecule has 92 valence electrons. The van der Waals surface area contributed by atoms with Gasteiger partial charge in [0.15, 0.2) is 0 Å². The number of thiophene rings is 1. The molecule has 0 radical (unpaired) electrons. The monoisotopic (exact) mass is 248 g/mol. The van der Waals surface area contributed by atoms with Crippen LogP contribution in [0.5, 0.6) is 0 Å². The van der Waals surface area contributed by atoms with Crippen molar-refractivity contribution < 1.29 is 0 Å². The largest absolute Gasteiger partial charge is 0.297 e. The van der Waals surface area contributed by atoms with Gasteiger partial charge in [0.25, 0.3) is 0 Å². The van der Waals surface area contributed by atoms with Crippen molar-refractivity contribution >= 4 is 11.3 Å². The van der Waals surface area contributed by atoms with Crippen molar-refractivity contribution in [3.05, 3.63) is 22.4 Å². The molecule has 0 saturated heterocycles. The van der Waals surface area contributed by atoms with Crippen LogP contribution in [-0.4, -0.2) is 6.04 Å². The van der Waals surface area contributed by atoms with Gasteiger partial charge in [0.05, 0.1) is 12.1 Å². The number of nitrogens with one attached hydrogen (secondary N) is 1. The fraction of sp³-hybridized carbons (Fsp3) is 0.643. The Bertz CT molecular complexity index is 366. The van der Waals surface area contributed by atoms with Crippen LogP contribution < -0.4 is 5.32 Å².